The van der Waals surface area contributed by atoms with Gasteiger partial charge in [-0.25, -0.2) is 9.97 Å². The number of anilines is 3. The van der Waals surface area contributed by atoms with Crippen molar-refractivity contribution in [1.82, 2.24) is 9.97 Å². The number of aromatic nitrogens is 2. The van der Waals surface area contributed by atoms with E-state index in [0.717, 1.165) is 17.0 Å². The fourth-order valence-corrected chi connectivity index (χ4v) is 2.97. The number of para-hydroxylation sites is 1. The van der Waals surface area contributed by atoms with E-state index in [1.54, 1.807) is 12.1 Å². The molecule has 0 atom stereocenters. The summed E-state index contributed by atoms with van der Waals surface area (Å²) in [7, 11) is 0. The molecule has 0 unspecified atom stereocenters. The van der Waals surface area contributed by atoms with E-state index < -0.39 is 0 Å². The molecular weight excluding hydrogens is 364 g/mol. The quantitative estimate of drug-likeness (QED) is 0.572. The molecule has 3 rings (SSSR count). The Balaban J connectivity index is 1.69. The van der Waals surface area contributed by atoms with Crippen molar-refractivity contribution >= 4 is 23.2 Å². The molecule has 6 heteroatoms. The van der Waals surface area contributed by atoms with Gasteiger partial charge in [-0.3, -0.25) is 4.79 Å². The Labute approximate surface area is 171 Å². The summed E-state index contributed by atoms with van der Waals surface area (Å²) in [6, 6.07) is 13.4. The van der Waals surface area contributed by atoms with Crippen molar-refractivity contribution < 1.29 is 9.53 Å². The van der Waals surface area contributed by atoms with E-state index in [1.165, 1.54) is 18.0 Å². The van der Waals surface area contributed by atoms with Crippen molar-refractivity contribution in [3.8, 4) is 5.75 Å². The van der Waals surface area contributed by atoms with E-state index in [2.05, 4.69) is 40.5 Å². The molecular formula is C23H26N4O2. The zero-order valence-electron chi connectivity index (χ0n) is 17.2. The highest BCUT2D eigenvalue weighted by Crippen LogP contribution is 2.29. The Morgan fingerprint density at radius 2 is 1.76 bits per heavy atom. The SMILES string of the molecule is CCOc1ccc(NC(=O)c2cnc(Nc3c(C)cccc3C(C)C)nc2)cc1. The van der Waals surface area contributed by atoms with Gasteiger partial charge in [0.25, 0.3) is 5.91 Å². The summed E-state index contributed by atoms with van der Waals surface area (Å²) in [5.41, 5.74) is 4.40. The maximum absolute atomic E-state index is 12.4. The van der Waals surface area contributed by atoms with Gasteiger partial charge in [0.2, 0.25) is 5.95 Å². The van der Waals surface area contributed by atoms with Crippen LogP contribution in [0.2, 0.25) is 0 Å². The van der Waals surface area contributed by atoms with Crippen LogP contribution in [0.15, 0.2) is 54.9 Å². The number of hydrogen-bond donors (Lipinski definition) is 2. The Hall–Kier alpha value is -3.41. The van der Waals surface area contributed by atoms with Crippen molar-refractivity contribution in [3.63, 3.8) is 0 Å². The minimum Gasteiger partial charge on any atom is -0.494 e. The minimum absolute atomic E-state index is 0.264. The number of rotatable bonds is 7. The maximum Gasteiger partial charge on any atom is 0.258 e. The monoisotopic (exact) mass is 390 g/mol. The molecule has 0 aliphatic carbocycles. The van der Waals surface area contributed by atoms with E-state index in [9.17, 15) is 4.79 Å². The van der Waals surface area contributed by atoms with Gasteiger partial charge in [0.1, 0.15) is 5.75 Å². The molecule has 0 aliphatic heterocycles. The van der Waals surface area contributed by atoms with Crippen LogP contribution in [-0.4, -0.2) is 22.5 Å². The van der Waals surface area contributed by atoms with Crippen molar-refractivity contribution in [1.29, 1.82) is 0 Å². The van der Waals surface area contributed by atoms with Gasteiger partial charge >= 0.3 is 0 Å². The van der Waals surface area contributed by atoms with Crippen LogP contribution in [0.1, 0.15) is 48.2 Å². The van der Waals surface area contributed by atoms with Gasteiger partial charge in [0, 0.05) is 23.8 Å². The van der Waals surface area contributed by atoms with Gasteiger partial charge in [0.15, 0.2) is 0 Å². The summed E-state index contributed by atoms with van der Waals surface area (Å²) in [4.78, 5) is 21.1. The van der Waals surface area contributed by atoms with Crippen molar-refractivity contribution in [2.75, 3.05) is 17.2 Å². The average Bonchev–Trinajstić information content (AvgIpc) is 2.71. The van der Waals surface area contributed by atoms with E-state index in [-0.39, 0.29) is 5.91 Å². The summed E-state index contributed by atoms with van der Waals surface area (Å²) in [5.74, 6) is 1.33. The molecule has 6 nitrogen and oxygen atoms in total. The first-order valence-corrected chi connectivity index (χ1v) is 9.70. The molecule has 0 radical (unpaired) electrons. The first kappa shape index (κ1) is 20.3. The molecule has 150 valence electrons. The molecule has 1 heterocycles. The molecule has 2 aromatic carbocycles. The predicted octanol–water partition coefficient (Wildman–Crippen LogP) is 5.30. The lowest BCUT2D eigenvalue weighted by Gasteiger charge is -2.16. The van der Waals surface area contributed by atoms with Crippen LogP contribution in [0, 0.1) is 6.92 Å². The van der Waals surface area contributed by atoms with E-state index in [1.807, 2.05) is 38.1 Å². The van der Waals surface area contributed by atoms with Crippen LogP contribution < -0.4 is 15.4 Å². The van der Waals surface area contributed by atoms with E-state index in [4.69, 9.17) is 4.74 Å². The summed E-state index contributed by atoms with van der Waals surface area (Å²) in [6.45, 7) is 8.87. The first-order chi connectivity index (χ1) is 14.0. The number of aryl methyl sites for hydroxylation is 1. The summed E-state index contributed by atoms with van der Waals surface area (Å²) in [6.07, 6.45) is 3.04. The maximum atomic E-state index is 12.4. The second kappa shape index (κ2) is 9.19. The van der Waals surface area contributed by atoms with Gasteiger partial charge < -0.3 is 15.4 Å². The van der Waals surface area contributed by atoms with Crippen LogP contribution in [0.4, 0.5) is 17.3 Å². The number of hydrogen-bond acceptors (Lipinski definition) is 5. The van der Waals surface area contributed by atoms with Crippen LogP contribution in [0.25, 0.3) is 0 Å². The van der Waals surface area contributed by atoms with Crippen LogP contribution in [-0.2, 0) is 0 Å². The first-order valence-electron chi connectivity index (χ1n) is 9.70. The Morgan fingerprint density at radius 3 is 2.38 bits per heavy atom. The van der Waals surface area contributed by atoms with E-state index in [0.29, 0.717) is 29.7 Å². The molecule has 0 saturated carbocycles. The number of amides is 1. The van der Waals surface area contributed by atoms with Crippen molar-refractivity contribution in [2.24, 2.45) is 0 Å². The molecule has 2 N–H and O–H groups in total. The van der Waals surface area contributed by atoms with Gasteiger partial charge in [-0.05, 0) is 55.2 Å². The summed E-state index contributed by atoms with van der Waals surface area (Å²) in [5, 5.41) is 6.12. The number of ether oxygens (including phenoxy) is 1. The lowest BCUT2D eigenvalue weighted by Crippen LogP contribution is -2.13. The number of benzene rings is 2. The summed E-state index contributed by atoms with van der Waals surface area (Å²) >= 11 is 0. The lowest BCUT2D eigenvalue weighted by atomic mass is 9.98. The highest BCUT2D eigenvalue weighted by molar-refractivity contribution is 6.03. The molecule has 1 amide bonds. The third-order valence-electron chi connectivity index (χ3n) is 4.50. The zero-order chi connectivity index (χ0) is 20.8. The van der Waals surface area contributed by atoms with Crippen molar-refractivity contribution in [2.45, 2.75) is 33.6 Å². The molecule has 0 saturated heterocycles. The van der Waals surface area contributed by atoms with Gasteiger partial charge in [-0.1, -0.05) is 32.0 Å². The van der Waals surface area contributed by atoms with E-state index >= 15 is 0 Å². The molecule has 0 bridgehead atoms. The predicted molar refractivity (Wildman–Crippen MR) is 116 cm³/mol. The second-order valence-corrected chi connectivity index (χ2v) is 7.03. The fraction of sp³-hybridized carbons (Fsp3) is 0.261. The number of carbonyl (C=O) groups excluding carboxylic acids is 1. The fourth-order valence-electron chi connectivity index (χ4n) is 2.97. The standard InChI is InChI=1S/C23H26N4O2/c1-5-29-19-11-9-18(10-12-19)26-22(28)17-13-24-23(25-14-17)27-21-16(4)7-6-8-20(21)15(2)3/h6-15H,5H2,1-4H3,(H,26,28)(H,24,25,27). The zero-order valence-corrected chi connectivity index (χ0v) is 17.2. The summed E-state index contributed by atoms with van der Waals surface area (Å²) < 4.78 is 5.40. The Kier molecular flexibility index (Phi) is 6.44. The lowest BCUT2D eigenvalue weighted by molar-refractivity contribution is 0.102. The molecule has 0 spiro atoms. The third kappa shape index (κ3) is 5.10. The van der Waals surface area contributed by atoms with Crippen LogP contribution >= 0.6 is 0 Å². The third-order valence-corrected chi connectivity index (χ3v) is 4.50. The Bertz CT molecular complexity index is 967. The molecule has 0 aliphatic rings. The molecule has 0 fully saturated rings. The molecule has 29 heavy (non-hydrogen) atoms. The molecule has 1 aromatic heterocycles. The van der Waals surface area contributed by atoms with Crippen LogP contribution in [0.3, 0.4) is 0 Å². The van der Waals surface area contributed by atoms with Gasteiger partial charge in [-0.15, -0.1) is 0 Å². The average molecular weight is 390 g/mol. The molecule has 3 aromatic rings. The topological polar surface area (TPSA) is 76.1 Å². The highest BCUT2D eigenvalue weighted by atomic mass is 16.5. The smallest absolute Gasteiger partial charge is 0.258 e. The number of nitrogens with zero attached hydrogens (tertiary/aromatic N) is 2. The van der Waals surface area contributed by atoms with Gasteiger partial charge in [0.05, 0.1) is 12.2 Å². The van der Waals surface area contributed by atoms with Gasteiger partial charge in [-0.2, -0.15) is 0 Å². The number of carbonyl (C=O) groups is 1. The second-order valence-electron chi connectivity index (χ2n) is 7.03. The van der Waals surface area contributed by atoms with Crippen molar-refractivity contribution in [3.05, 3.63) is 71.5 Å². The van der Waals surface area contributed by atoms with Crippen LogP contribution in [0.5, 0.6) is 5.75 Å². The normalized spacial score (nSPS) is 10.7. The highest BCUT2D eigenvalue weighted by Gasteiger charge is 2.12. The largest absolute Gasteiger partial charge is 0.494 e. The number of nitrogens with one attached hydrogen (secondary N) is 2. The Morgan fingerprint density at radius 1 is 1.07 bits per heavy atom. The minimum atomic E-state index is -0.264.